The minimum atomic E-state index is -0.623. The molecule has 0 aromatic heterocycles. The second kappa shape index (κ2) is 3.87. The summed E-state index contributed by atoms with van der Waals surface area (Å²) < 4.78 is 4.83. The fourth-order valence-corrected chi connectivity index (χ4v) is 1.21. The van der Waals surface area contributed by atoms with Gasteiger partial charge < -0.3 is 4.74 Å². The maximum Gasteiger partial charge on any atom is 0.321 e. The first kappa shape index (κ1) is 10.2. The average molecular weight is 195 g/mol. The van der Waals surface area contributed by atoms with Crippen LogP contribution in [-0.4, -0.2) is 18.3 Å². The lowest BCUT2D eigenvalue weighted by Crippen LogP contribution is -1.99. The van der Waals surface area contributed by atoms with Crippen LogP contribution in [0.2, 0.25) is 0 Å². The van der Waals surface area contributed by atoms with E-state index < -0.39 is 4.92 Å². The Kier molecular flexibility index (Phi) is 2.81. The van der Waals surface area contributed by atoms with Crippen molar-refractivity contribution in [3.63, 3.8) is 0 Å². The standard InChI is InChI=1S/C9H9NO4/c1-6-3-7(5-11)9(10(12)13)8(4-6)14-2/h3-5H,1-2H3. The van der Waals surface area contributed by atoms with Gasteiger partial charge in [-0.2, -0.15) is 0 Å². The highest BCUT2D eigenvalue weighted by molar-refractivity contribution is 5.84. The summed E-state index contributed by atoms with van der Waals surface area (Å²) in [6, 6.07) is 2.97. The SMILES string of the molecule is COc1cc(C)cc(C=O)c1[N+](=O)[O-]. The van der Waals surface area contributed by atoms with Gasteiger partial charge in [-0.25, -0.2) is 0 Å². The smallest absolute Gasteiger partial charge is 0.321 e. The number of carbonyl (C=O) groups is 1. The molecule has 0 radical (unpaired) electrons. The van der Waals surface area contributed by atoms with E-state index >= 15 is 0 Å². The number of ether oxygens (including phenoxy) is 1. The van der Waals surface area contributed by atoms with Gasteiger partial charge in [-0.05, 0) is 24.6 Å². The van der Waals surface area contributed by atoms with Gasteiger partial charge in [0, 0.05) is 0 Å². The van der Waals surface area contributed by atoms with E-state index in [1.165, 1.54) is 19.2 Å². The quantitative estimate of drug-likeness (QED) is 0.418. The van der Waals surface area contributed by atoms with Crippen molar-refractivity contribution in [3.05, 3.63) is 33.4 Å². The number of carbonyl (C=O) groups excluding carboxylic acids is 1. The Morgan fingerprint density at radius 1 is 1.50 bits per heavy atom. The van der Waals surface area contributed by atoms with Crippen LogP contribution in [0.1, 0.15) is 15.9 Å². The molecule has 0 saturated carbocycles. The van der Waals surface area contributed by atoms with E-state index in [9.17, 15) is 14.9 Å². The highest BCUT2D eigenvalue weighted by Gasteiger charge is 2.20. The minimum Gasteiger partial charge on any atom is -0.490 e. The van der Waals surface area contributed by atoms with Crippen LogP contribution >= 0.6 is 0 Å². The molecule has 74 valence electrons. The highest BCUT2D eigenvalue weighted by atomic mass is 16.6. The summed E-state index contributed by atoms with van der Waals surface area (Å²) in [6.07, 6.45) is 0.452. The molecule has 0 bridgehead atoms. The van der Waals surface area contributed by atoms with Crippen molar-refractivity contribution in [2.75, 3.05) is 7.11 Å². The van der Waals surface area contributed by atoms with Crippen LogP contribution in [0.3, 0.4) is 0 Å². The van der Waals surface area contributed by atoms with Crippen molar-refractivity contribution in [1.29, 1.82) is 0 Å². The third-order valence-electron chi connectivity index (χ3n) is 1.78. The number of aldehydes is 1. The van der Waals surface area contributed by atoms with E-state index in [1.807, 2.05) is 0 Å². The zero-order valence-electron chi connectivity index (χ0n) is 7.81. The van der Waals surface area contributed by atoms with Gasteiger partial charge in [-0.3, -0.25) is 14.9 Å². The van der Waals surface area contributed by atoms with Crippen LogP contribution < -0.4 is 4.74 Å². The monoisotopic (exact) mass is 195 g/mol. The molecule has 1 rings (SSSR count). The molecule has 1 aromatic rings. The summed E-state index contributed by atoms with van der Waals surface area (Å²) in [6.45, 7) is 1.74. The molecule has 0 N–H and O–H groups in total. The molecule has 5 heteroatoms. The molecule has 0 heterocycles. The molecule has 5 nitrogen and oxygen atoms in total. The first-order chi connectivity index (χ1) is 6.60. The first-order valence-corrected chi connectivity index (χ1v) is 3.88. The normalized spacial score (nSPS) is 9.57. The van der Waals surface area contributed by atoms with E-state index in [0.29, 0.717) is 6.29 Å². The Balaban J connectivity index is 3.48. The van der Waals surface area contributed by atoms with Crippen LogP contribution in [0.4, 0.5) is 5.69 Å². The van der Waals surface area contributed by atoms with Gasteiger partial charge in [-0.15, -0.1) is 0 Å². The molecule has 0 spiro atoms. The van der Waals surface area contributed by atoms with E-state index in [-0.39, 0.29) is 17.0 Å². The van der Waals surface area contributed by atoms with Crippen molar-refractivity contribution >= 4 is 12.0 Å². The number of hydrogen-bond donors (Lipinski definition) is 0. The summed E-state index contributed by atoms with van der Waals surface area (Å²) in [5, 5.41) is 10.6. The second-order valence-electron chi connectivity index (χ2n) is 2.78. The van der Waals surface area contributed by atoms with Crippen molar-refractivity contribution in [2.45, 2.75) is 6.92 Å². The van der Waals surface area contributed by atoms with Gasteiger partial charge in [-0.1, -0.05) is 0 Å². The number of aryl methyl sites for hydroxylation is 1. The minimum absolute atomic E-state index is 0.0341. The number of rotatable bonds is 3. The molecule has 0 amide bonds. The van der Waals surface area contributed by atoms with Gasteiger partial charge in [0.15, 0.2) is 12.0 Å². The average Bonchev–Trinajstić information content (AvgIpc) is 2.15. The van der Waals surface area contributed by atoms with E-state index in [2.05, 4.69) is 0 Å². The zero-order valence-corrected chi connectivity index (χ0v) is 7.81. The molecular formula is C9H9NO4. The Hall–Kier alpha value is -1.91. The fourth-order valence-electron chi connectivity index (χ4n) is 1.21. The molecule has 0 unspecified atom stereocenters. The van der Waals surface area contributed by atoms with Gasteiger partial charge in [0.05, 0.1) is 17.6 Å². The van der Waals surface area contributed by atoms with E-state index in [4.69, 9.17) is 4.74 Å². The van der Waals surface area contributed by atoms with Gasteiger partial charge >= 0.3 is 5.69 Å². The third kappa shape index (κ3) is 1.71. The summed E-state index contributed by atoms with van der Waals surface area (Å²) in [7, 11) is 1.33. The molecule has 1 aromatic carbocycles. The van der Waals surface area contributed by atoms with Crippen LogP contribution in [-0.2, 0) is 0 Å². The number of hydrogen-bond acceptors (Lipinski definition) is 4. The third-order valence-corrected chi connectivity index (χ3v) is 1.78. The lowest BCUT2D eigenvalue weighted by atomic mass is 10.1. The number of methoxy groups -OCH3 is 1. The molecule has 0 aliphatic rings. The maximum atomic E-state index is 10.6. The predicted octanol–water partition coefficient (Wildman–Crippen LogP) is 1.72. The molecule has 0 atom stereocenters. The summed E-state index contributed by atoms with van der Waals surface area (Å²) >= 11 is 0. The highest BCUT2D eigenvalue weighted by Crippen LogP contribution is 2.30. The maximum absolute atomic E-state index is 10.6. The Morgan fingerprint density at radius 2 is 2.14 bits per heavy atom. The number of nitrogens with zero attached hydrogens (tertiary/aromatic N) is 1. The molecule has 14 heavy (non-hydrogen) atoms. The number of benzene rings is 1. The van der Waals surface area contributed by atoms with Crippen molar-refractivity contribution in [3.8, 4) is 5.75 Å². The van der Waals surface area contributed by atoms with E-state index in [0.717, 1.165) is 5.56 Å². The molecule has 0 fully saturated rings. The summed E-state index contributed by atoms with van der Waals surface area (Å²) in [5.74, 6) is 0.108. The zero-order chi connectivity index (χ0) is 10.7. The second-order valence-corrected chi connectivity index (χ2v) is 2.78. The van der Waals surface area contributed by atoms with Gasteiger partial charge in [0.25, 0.3) is 0 Å². The molecule has 0 aliphatic heterocycles. The molecular weight excluding hydrogens is 186 g/mol. The van der Waals surface area contributed by atoms with E-state index in [1.54, 1.807) is 6.92 Å². The van der Waals surface area contributed by atoms with Crippen LogP contribution in [0.5, 0.6) is 5.75 Å². The van der Waals surface area contributed by atoms with Crippen LogP contribution in [0.25, 0.3) is 0 Å². The van der Waals surface area contributed by atoms with Crippen molar-refractivity contribution < 1.29 is 14.5 Å². The van der Waals surface area contributed by atoms with Gasteiger partial charge in [0.1, 0.15) is 0 Å². The predicted molar refractivity (Wildman–Crippen MR) is 49.8 cm³/mol. The van der Waals surface area contributed by atoms with Gasteiger partial charge in [0.2, 0.25) is 0 Å². The fraction of sp³-hybridized carbons (Fsp3) is 0.222. The Morgan fingerprint density at radius 3 is 2.57 bits per heavy atom. The largest absolute Gasteiger partial charge is 0.490 e. The summed E-state index contributed by atoms with van der Waals surface area (Å²) in [4.78, 5) is 20.6. The lowest BCUT2D eigenvalue weighted by Gasteiger charge is -2.04. The number of nitro groups is 1. The number of nitro benzene ring substituents is 1. The lowest BCUT2D eigenvalue weighted by molar-refractivity contribution is -0.386. The van der Waals surface area contributed by atoms with Crippen LogP contribution in [0, 0.1) is 17.0 Å². The molecule has 0 saturated heterocycles. The van der Waals surface area contributed by atoms with Crippen molar-refractivity contribution in [2.24, 2.45) is 0 Å². The van der Waals surface area contributed by atoms with Crippen molar-refractivity contribution in [1.82, 2.24) is 0 Å². The summed E-state index contributed by atoms with van der Waals surface area (Å²) in [5.41, 5.74) is 0.495. The first-order valence-electron chi connectivity index (χ1n) is 3.88. The Bertz CT molecular complexity index is 387. The topological polar surface area (TPSA) is 69.4 Å². The molecule has 0 aliphatic carbocycles. The Labute approximate surface area is 80.5 Å². The van der Waals surface area contributed by atoms with Crippen LogP contribution in [0.15, 0.2) is 12.1 Å².